The first-order valence-electron chi connectivity index (χ1n) is 12.5. The van der Waals surface area contributed by atoms with Gasteiger partial charge >= 0.3 is 11.9 Å². The second-order valence-corrected chi connectivity index (χ2v) is 9.33. The highest BCUT2D eigenvalue weighted by molar-refractivity contribution is 6.42. The third-order valence-electron chi connectivity index (χ3n) is 5.93. The summed E-state index contributed by atoms with van der Waals surface area (Å²) >= 11 is 12.8. The third-order valence-corrected chi connectivity index (χ3v) is 6.77. The number of esters is 2. The van der Waals surface area contributed by atoms with Crippen LogP contribution in [0.1, 0.15) is 30.9 Å². The SMILES string of the molecule is CCOC(=O)C1=C(COCCOCCNCc2cccnc2)NC(C)=C(C(=O)OC)C1c1cccc(Cl)c1Cl. The Hall–Kier alpha value is -2.95. The Morgan fingerprint density at radius 2 is 1.85 bits per heavy atom. The maximum absolute atomic E-state index is 13.2. The second kappa shape index (κ2) is 15.6. The highest BCUT2D eigenvalue weighted by atomic mass is 35.5. The van der Waals surface area contributed by atoms with Gasteiger partial charge in [-0.1, -0.05) is 41.4 Å². The number of carbonyl (C=O) groups is 2. The van der Waals surface area contributed by atoms with Crippen LogP contribution in [0, 0.1) is 0 Å². The van der Waals surface area contributed by atoms with Crippen molar-refractivity contribution in [3.8, 4) is 0 Å². The van der Waals surface area contributed by atoms with Crippen LogP contribution >= 0.6 is 23.2 Å². The van der Waals surface area contributed by atoms with Gasteiger partial charge in [-0.25, -0.2) is 9.59 Å². The topological polar surface area (TPSA) is 108 Å². The van der Waals surface area contributed by atoms with Crippen LogP contribution in [0.25, 0.3) is 0 Å². The highest BCUT2D eigenvalue weighted by Crippen LogP contribution is 2.43. The number of ether oxygens (including phenoxy) is 4. The number of allylic oxidation sites excluding steroid dienone is 1. The Morgan fingerprint density at radius 3 is 2.56 bits per heavy atom. The fourth-order valence-corrected chi connectivity index (χ4v) is 4.59. The van der Waals surface area contributed by atoms with Gasteiger partial charge in [0, 0.05) is 31.2 Å². The molecule has 11 heteroatoms. The van der Waals surface area contributed by atoms with Crippen molar-refractivity contribution in [1.29, 1.82) is 0 Å². The molecular weight excluding hydrogens is 545 g/mol. The van der Waals surface area contributed by atoms with Crippen molar-refractivity contribution in [3.63, 3.8) is 0 Å². The Morgan fingerprint density at radius 1 is 1.05 bits per heavy atom. The largest absolute Gasteiger partial charge is 0.466 e. The minimum Gasteiger partial charge on any atom is -0.466 e. The number of pyridine rings is 1. The monoisotopic (exact) mass is 577 g/mol. The molecule has 0 spiro atoms. The zero-order valence-corrected chi connectivity index (χ0v) is 23.7. The summed E-state index contributed by atoms with van der Waals surface area (Å²) in [5.74, 6) is -2.08. The fourth-order valence-electron chi connectivity index (χ4n) is 4.17. The van der Waals surface area contributed by atoms with E-state index in [1.165, 1.54) is 7.11 Å². The van der Waals surface area contributed by atoms with E-state index in [4.69, 9.17) is 42.1 Å². The lowest BCUT2D eigenvalue weighted by Crippen LogP contribution is -2.35. The summed E-state index contributed by atoms with van der Waals surface area (Å²) in [4.78, 5) is 30.2. The van der Waals surface area contributed by atoms with E-state index >= 15 is 0 Å². The van der Waals surface area contributed by atoms with Crippen LogP contribution in [-0.2, 0) is 35.1 Å². The first-order chi connectivity index (χ1) is 18.9. The predicted molar refractivity (Wildman–Crippen MR) is 148 cm³/mol. The number of hydrogen-bond donors (Lipinski definition) is 2. The molecule has 0 saturated heterocycles. The lowest BCUT2D eigenvalue weighted by atomic mass is 9.80. The second-order valence-electron chi connectivity index (χ2n) is 8.55. The van der Waals surface area contributed by atoms with Gasteiger partial charge in [-0.15, -0.1) is 0 Å². The van der Waals surface area contributed by atoms with E-state index in [1.54, 1.807) is 38.2 Å². The van der Waals surface area contributed by atoms with Gasteiger partial charge in [-0.2, -0.15) is 0 Å². The molecular formula is C28H33Cl2N3O6. The van der Waals surface area contributed by atoms with Gasteiger partial charge in [0.2, 0.25) is 0 Å². The lowest BCUT2D eigenvalue weighted by Gasteiger charge is -2.31. The van der Waals surface area contributed by atoms with Crippen LogP contribution in [0.3, 0.4) is 0 Å². The van der Waals surface area contributed by atoms with E-state index < -0.39 is 17.9 Å². The summed E-state index contributed by atoms with van der Waals surface area (Å²) in [6.45, 7) is 6.18. The number of aromatic nitrogens is 1. The van der Waals surface area contributed by atoms with Crippen molar-refractivity contribution in [3.05, 3.63) is 86.4 Å². The average molecular weight is 578 g/mol. The quantitative estimate of drug-likeness (QED) is 0.252. The number of rotatable bonds is 14. The standard InChI is InChI=1S/C28H33Cl2N3O6/c1-4-39-28(35)25-22(17-38-14-13-37-12-11-32-16-19-7-6-10-31-15-19)33-18(2)23(27(34)36-3)24(25)20-8-5-9-21(29)26(20)30/h5-10,15,24,32-33H,4,11-14,16-17H2,1-3H3. The number of hydrogen-bond acceptors (Lipinski definition) is 9. The molecule has 0 radical (unpaired) electrons. The molecule has 0 fully saturated rings. The molecule has 2 heterocycles. The number of benzene rings is 1. The Bertz CT molecular complexity index is 1200. The van der Waals surface area contributed by atoms with Crippen molar-refractivity contribution >= 4 is 35.1 Å². The summed E-state index contributed by atoms with van der Waals surface area (Å²) in [6.07, 6.45) is 3.56. The summed E-state index contributed by atoms with van der Waals surface area (Å²) < 4.78 is 21.9. The Kier molecular flexibility index (Phi) is 12.2. The van der Waals surface area contributed by atoms with Crippen molar-refractivity contribution in [1.82, 2.24) is 15.6 Å². The first-order valence-corrected chi connectivity index (χ1v) is 13.3. The maximum Gasteiger partial charge on any atom is 0.336 e. The lowest BCUT2D eigenvalue weighted by molar-refractivity contribution is -0.139. The molecule has 2 N–H and O–H groups in total. The van der Waals surface area contributed by atoms with Crippen LogP contribution in [0.4, 0.5) is 0 Å². The first kappa shape index (κ1) is 30.6. The summed E-state index contributed by atoms with van der Waals surface area (Å²) in [5.41, 5.74) is 2.98. The van der Waals surface area contributed by atoms with Crippen LogP contribution in [-0.4, -0.2) is 63.6 Å². The molecule has 39 heavy (non-hydrogen) atoms. The number of nitrogens with one attached hydrogen (secondary N) is 2. The number of halogens is 2. The smallest absolute Gasteiger partial charge is 0.336 e. The summed E-state index contributed by atoms with van der Waals surface area (Å²) in [6, 6.07) is 8.96. The Balaban J connectivity index is 1.69. The molecule has 0 saturated carbocycles. The summed E-state index contributed by atoms with van der Waals surface area (Å²) in [7, 11) is 1.28. The van der Waals surface area contributed by atoms with Crippen LogP contribution in [0.5, 0.6) is 0 Å². The number of methoxy groups -OCH3 is 1. The zero-order valence-electron chi connectivity index (χ0n) is 22.2. The van der Waals surface area contributed by atoms with Crippen LogP contribution < -0.4 is 10.6 Å². The van der Waals surface area contributed by atoms with Gasteiger partial charge in [-0.3, -0.25) is 4.98 Å². The Labute approximate surface area is 238 Å². The minimum absolute atomic E-state index is 0.0528. The maximum atomic E-state index is 13.2. The van der Waals surface area contributed by atoms with Crippen LogP contribution in [0.2, 0.25) is 10.0 Å². The van der Waals surface area contributed by atoms with Gasteiger partial charge in [0.05, 0.1) is 73.0 Å². The number of nitrogens with zero attached hydrogens (tertiary/aromatic N) is 1. The van der Waals surface area contributed by atoms with E-state index in [2.05, 4.69) is 15.6 Å². The van der Waals surface area contributed by atoms with Gasteiger partial charge in [0.25, 0.3) is 0 Å². The zero-order chi connectivity index (χ0) is 28.2. The molecule has 0 amide bonds. The van der Waals surface area contributed by atoms with Crippen LogP contribution in [0.15, 0.2) is 65.3 Å². The average Bonchev–Trinajstić information content (AvgIpc) is 2.93. The van der Waals surface area contributed by atoms with E-state index in [0.717, 1.165) is 5.56 Å². The van der Waals surface area contributed by atoms with Crippen molar-refractivity contribution in [2.24, 2.45) is 0 Å². The van der Waals surface area contributed by atoms with Gasteiger partial charge in [0.1, 0.15) is 0 Å². The molecule has 1 aliphatic rings. The third kappa shape index (κ3) is 8.27. The van der Waals surface area contributed by atoms with E-state index in [1.807, 2.05) is 18.3 Å². The van der Waals surface area contributed by atoms with E-state index in [9.17, 15) is 9.59 Å². The predicted octanol–water partition coefficient (Wildman–Crippen LogP) is 4.16. The van der Waals surface area contributed by atoms with Crippen molar-refractivity contribution in [2.75, 3.05) is 46.7 Å². The highest BCUT2D eigenvalue weighted by Gasteiger charge is 2.40. The molecule has 1 aliphatic heterocycles. The minimum atomic E-state index is -0.871. The molecule has 1 unspecified atom stereocenters. The van der Waals surface area contributed by atoms with Crippen molar-refractivity contribution in [2.45, 2.75) is 26.3 Å². The normalized spacial score (nSPS) is 15.3. The molecule has 210 valence electrons. The molecule has 0 bridgehead atoms. The van der Waals surface area contributed by atoms with E-state index in [-0.39, 0.29) is 29.4 Å². The molecule has 1 atom stereocenters. The summed E-state index contributed by atoms with van der Waals surface area (Å²) in [5, 5.41) is 6.95. The number of dihydropyridines is 1. The molecule has 0 aliphatic carbocycles. The van der Waals surface area contributed by atoms with Gasteiger partial charge < -0.3 is 29.6 Å². The van der Waals surface area contributed by atoms with Gasteiger partial charge in [0.15, 0.2) is 0 Å². The van der Waals surface area contributed by atoms with E-state index in [0.29, 0.717) is 54.9 Å². The molecule has 1 aromatic carbocycles. The van der Waals surface area contributed by atoms with Gasteiger partial charge in [-0.05, 0) is 37.1 Å². The molecule has 9 nitrogen and oxygen atoms in total. The molecule has 2 aromatic rings. The van der Waals surface area contributed by atoms with Crippen molar-refractivity contribution < 1.29 is 28.5 Å². The molecule has 1 aromatic heterocycles. The molecule has 3 rings (SSSR count). The fraction of sp³-hybridized carbons (Fsp3) is 0.393. The number of carbonyl (C=O) groups excluding carboxylic acids is 2.